The van der Waals surface area contributed by atoms with Gasteiger partial charge < -0.3 is 9.80 Å². The minimum absolute atomic E-state index is 0.325. The molecule has 0 N–H and O–H groups in total. The van der Waals surface area contributed by atoms with Crippen molar-refractivity contribution in [3.8, 4) is 0 Å². The molecule has 2 aromatic heterocycles. The van der Waals surface area contributed by atoms with E-state index >= 15 is 0 Å². The van der Waals surface area contributed by atoms with Crippen LogP contribution in [0.1, 0.15) is 12.8 Å². The van der Waals surface area contributed by atoms with Crippen molar-refractivity contribution >= 4 is 33.3 Å². The zero-order chi connectivity index (χ0) is 12.8. The molecule has 0 bridgehead atoms. The fourth-order valence-corrected chi connectivity index (χ4v) is 3.82. The smallest absolute Gasteiger partial charge is 0.223 e. The van der Waals surface area contributed by atoms with Crippen molar-refractivity contribution in [1.29, 1.82) is 0 Å². The molecule has 2 aromatic rings. The molecular weight excluding hydrogens is 258 g/mol. The third-order valence-corrected chi connectivity index (χ3v) is 4.98. The number of nitrogens with zero attached hydrogens (tertiary/aromatic N) is 3. The van der Waals surface area contributed by atoms with Crippen molar-refractivity contribution in [2.75, 3.05) is 24.5 Å². The Balaban J connectivity index is 1.61. The Bertz CT molecular complexity index is 638. The van der Waals surface area contributed by atoms with E-state index < -0.39 is 0 Å². The molecule has 2 saturated heterocycles. The highest BCUT2D eigenvalue weighted by Gasteiger charge is 2.35. The second kappa shape index (κ2) is 4.20. The highest BCUT2D eigenvalue weighted by Crippen LogP contribution is 2.27. The lowest BCUT2D eigenvalue weighted by Crippen LogP contribution is -2.51. The number of hydrogen-bond donors (Lipinski definition) is 0. The summed E-state index contributed by atoms with van der Waals surface area (Å²) in [5.74, 6) is 1.37. The van der Waals surface area contributed by atoms with Gasteiger partial charge in [0.05, 0.1) is 10.2 Å². The van der Waals surface area contributed by atoms with Crippen LogP contribution in [0.15, 0.2) is 23.6 Å². The molecule has 0 aromatic carbocycles. The van der Waals surface area contributed by atoms with Crippen LogP contribution in [-0.4, -0.2) is 41.5 Å². The molecule has 2 aliphatic rings. The maximum absolute atomic E-state index is 11.7. The fourth-order valence-electron chi connectivity index (χ4n) is 3.09. The van der Waals surface area contributed by atoms with E-state index in [1.54, 1.807) is 11.3 Å². The summed E-state index contributed by atoms with van der Waals surface area (Å²) in [7, 11) is 0. The van der Waals surface area contributed by atoms with Crippen molar-refractivity contribution in [3.63, 3.8) is 0 Å². The lowest BCUT2D eigenvalue weighted by molar-refractivity contribution is -0.129. The summed E-state index contributed by atoms with van der Waals surface area (Å²) in [6.07, 6.45) is 1.71. The predicted octanol–water partition coefficient (Wildman–Crippen LogP) is 2.11. The van der Waals surface area contributed by atoms with Crippen LogP contribution in [0.5, 0.6) is 0 Å². The van der Waals surface area contributed by atoms with Gasteiger partial charge in [0.15, 0.2) is 0 Å². The minimum atomic E-state index is 0.325. The van der Waals surface area contributed by atoms with E-state index in [1.165, 1.54) is 4.70 Å². The quantitative estimate of drug-likeness (QED) is 0.798. The number of fused-ring (bicyclic) bond motifs is 2. The number of carbonyl (C=O) groups is 1. The maximum atomic E-state index is 11.7. The maximum Gasteiger partial charge on any atom is 0.223 e. The third kappa shape index (κ3) is 1.80. The van der Waals surface area contributed by atoms with Crippen LogP contribution in [0.2, 0.25) is 0 Å². The second-order valence-electron chi connectivity index (χ2n) is 5.20. The average Bonchev–Trinajstić information content (AvgIpc) is 3.04. The number of amides is 1. The zero-order valence-corrected chi connectivity index (χ0v) is 11.4. The van der Waals surface area contributed by atoms with Gasteiger partial charge in [-0.2, -0.15) is 0 Å². The van der Waals surface area contributed by atoms with Crippen molar-refractivity contribution in [1.82, 2.24) is 9.88 Å². The monoisotopic (exact) mass is 273 g/mol. The van der Waals surface area contributed by atoms with Gasteiger partial charge in [-0.25, -0.2) is 4.98 Å². The van der Waals surface area contributed by atoms with Crippen LogP contribution < -0.4 is 4.90 Å². The Morgan fingerprint density at radius 3 is 3.16 bits per heavy atom. The highest BCUT2D eigenvalue weighted by molar-refractivity contribution is 7.17. The molecule has 98 valence electrons. The Hall–Kier alpha value is -1.62. The summed E-state index contributed by atoms with van der Waals surface area (Å²) in [6, 6.07) is 6.71. The lowest BCUT2D eigenvalue weighted by atomic mass is 10.1. The number of anilines is 1. The van der Waals surface area contributed by atoms with Crippen molar-refractivity contribution in [2.45, 2.75) is 18.9 Å². The number of aromatic nitrogens is 1. The number of piperazine rings is 1. The molecule has 1 atom stereocenters. The Morgan fingerprint density at radius 1 is 1.26 bits per heavy atom. The third-order valence-electron chi connectivity index (χ3n) is 4.11. The van der Waals surface area contributed by atoms with Crippen LogP contribution in [0.4, 0.5) is 5.82 Å². The first-order valence-corrected chi connectivity index (χ1v) is 7.58. The van der Waals surface area contributed by atoms with Crippen molar-refractivity contribution < 1.29 is 4.79 Å². The number of thiophene rings is 1. The summed E-state index contributed by atoms with van der Waals surface area (Å²) >= 11 is 1.72. The van der Waals surface area contributed by atoms with Gasteiger partial charge in [-0.15, -0.1) is 11.3 Å². The topological polar surface area (TPSA) is 36.4 Å². The molecule has 2 fully saturated rings. The van der Waals surface area contributed by atoms with Crippen molar-refractivity contribution in [2.24, 2.45) is 0 Å². The summed E-state index contributed by atoms with van der Waals surface area (Å²) in [6.45, 7) is 2.66. The molecule has 0 radical (unpaired) electrons. The second-order valence-corrected chi connectivity index (χ2v) is 6.15. The van der Waals surface area contributed by atoms with E-state index in [2.05, 4.69) is 28.5 Å². The SMILES string of the molecule is O=C1CCC2CN(c3ccc4sccc4n3)CCN12. The van der Waals surface area contributed by atoms with Gasteiger partial charge in [0.1, 0.15) is 5.82 Å². The van der Waals surface area contributed by atoms with E-state index in [1.807, 2.05) is 4.90 Å². The van der Waals surface area contributed by atoms with Crippen LogP contribution in [-0.2, 0) is 4.79 Å². The Kier molecular flexibility index (Phi) is 2.48. The summed E-state index contributed by atoms with van der Waals surface area (Å²) in [4.78, 5) is 20.8. The Labute approximate surface area is 115 Å². The minimum Gasteiger partial charge on any atom is -0.353 e. The van der Waals surface area contributed by atoms with Gasteiger partial charge >= 0.3 is 0 Å². The molecule has 4 heterocycles. The van der Waals surface area contributed by atoms with Gasteiger partial charge in [0.2, 0.25) is 5.91 Å². The van der Waals surface area contributed by atoms with Crippen molar-refractivity contribution in [3.05, 3.63) is 23.6 Å². The van der Waals surface area contributed by atoms with Crippen LogP contribution in [0.25, 0.3) is 10.2 Å². The molecule has 1 amide bonds. The molecule has 4 nitrogen and oxygen atoms in total. The standard InChI is InChI=1S/C14H15N3OS/c18-14-4-1-10-9-16(6-7-17(10)14)13-3-2-12-11(15-13)5-8-19-12/h2-3,5,8,10H,1,4,6-7,9H2. The van der Waals surface area contributed by atoms with E-state index in [-0.39, 0.29) is 0 Å². The van der Waals surface area contributed by atoms with E-state index in [0.29, 0.717) is 11.9 Å². The van der Waals surface area contributed by atoms with E-state index in [9.17, 15) is 4.79 Å². The zero-order valence-electron chi connectivity index (χ0n) is 10.6. The van der Waals surface area contributed by atoms with Gasteiger partial charge in [0.25, 0.3) is 0 Å². The van der Waals surface area contributed by atoms with E-state index in [0.717, 1.165) is 43.8 Å². The summed E-state index contributed by atoms with van der Waals surface area (Å²) in [5, 5.41) is 2.08. The normalized spacial score (nSPS) is 23.2. The van der Waals surface area contributed by atoms with Crippen LogP contribution in [0.3, 0.4) is 0 Å². The number of hydrogen-bond acceptors (Lipinski definition) is 4. The number of carbonyl (C=O) groups excluding carboxylic acids is 1. The largest absolute Gasteiger partial charge is 0.353 e. The summed E-state index contributed by atoms with van der Waals surface area (Å²) < 4.78 is 1.23. The number of pyridine rings is 1. The molecule has 0 spiro atoms. The molecule has 0 aliphatic carbocycles. The molecular formula is C14H15N3OS. The first-order valence-electron chi connectivity index (χ1n) is 6.70. The predicted molar refractivity (Wildman–Crippen MR) is 76.6 cm³/mol. The molecule has 2 aliphatic heterocycles. The molecule has 1 unspecified atom stereocenters. The van der Waals surface area contributed by atoms with Gasteiger partial charge in [-0.1, -0.05) is 0 Å². The fraction of sp³-hybridized carbons (Fsp3) is 0.429. The first-order chi connectivity index (χ1) is 9.31. The lowest BCUT2D eigenvalue weighted by Gasteiger charge is -2.38. The van der Waals surface area contributed by atoms with Crippen LogP contribution in [0, 0.1) is 0 Å². The van der Waals surface area contributed by atoms with Gasteiger partial charge in [0, 0.05) is 32.1 Å². The Morgan fingerprint density at radius 2 is 2.21 bits per heavy atom. The molecule has 5 heteroatoms. The molecule has 19 heavy (non-hydrogen) atoms. The molecule has 0 saturated carbocycles. The van der Waals surface area contributed by atoms with E-state index in [4.69, 9.17) is 4.98 Å². The van der Waals surface area contributed by atoms with Gasteiger partial charge in [-0.3, -0.25) is 4.79 Å². The molecule has 4 rings (SSSR count). The summed E-state index contributed by atoms with van der Waals surface area (Å²) in [5.41, 5.74) is 1.08. The first kappa shape index (κ1) is 11.2. The average molecular weight is 273 g/mol. The van der Waals surface area contributed by atoms with Crippen LogP contribution >= 0.6 is 11.3 Å². The number of rotatable bonds is 1. The van der Waals surface area contributed by atoms with Gasteiger partial charge in [-0.05, 0) is 30.0 Å². The highest BCUT2D eigenvalue weighted by atomic mass is 32.1.